The lowest BCUT2D eigenvalue weighted by atomic mass is 10.1. The first kappa shape index (κ1) is 28.1. The van der Waals surface area contributed by atoms with Gasteiger partial charge in [0.15, 0.2) is 0 Å². The minimum atomic E-state index is -4.17. The lowest BCUT2D eigenvalue weighted by molar-refractivity contribution is -0.139. The number of likely N-dealkylation sites (N-methyl/N-ethyl adjacent to an activating group) is 1. The Bertz CT molecular complexity index is 1380. The van der Waals surface area contributed by atoms with Crippen molar-refractivity contribution in [2.24, 2.45) is 0 Å². The fourth-order valence-electron chi connectivity index (χ4n) is 3.83. The van der Waals surface area contributed by atoms with Crippen LogP contribution in [-0.2, 0) is 26.2 Å². The summed E-state index contributed by atoms with van der Waals surface area (Å²) in [5.41, 5.74) is 2.31. The normalized spacial score (nSPS) is 12.1. The molecule has 0 saturated heterocycles. The van der Waals surface area contributed by atoms with Crippen LogP contribution < -0.4 is 9.62 Å². The Hall–Kier alpha value is -3.43. The quantitative estimate of drug-likeness (QED) is 0.430. The third-order valence-corrected chi connectivity index (χ3v) is 8.00. The van der Waals surface area contributed by atoms with Gasteiger partial charge in [-0.1, -0.05) is 41.4 Å². The lowest BCUT2D eigenvalue weighted by Crippen LogP contribution is -2.50. The van der Waals surface area contributed by atoms with Crippen LogP contribution in [0.4, 0.5) is 10.1 Å². The predicted molar refractivity (Wildman–Crippen MR) is 142 cm³/mol. The first-order valence-corrected chi connectivity index (χ1v) is 13.4. The van der Waals surface area contributed by atoms with Gasteiger partial charge in [-0.2, -0.15) is 0 Å². The van der Waals surface area contributed by atoms with E-state index in [-0.39, 0.29) is 17.1 Å². The number of sulfonamides is 1. The molecular formula is C27H29ClFN3O4S. The fraction of sp³-hybridized carbons (Fsp3) is 0.259. The summed E-state index contributed by atoms with van der Waals surface area (Å²) in [4.78, 5) is 27.5. The van der Waals surface area contributed by atoms with Crippen molar-refractivity contribution in [1.29, 1.82) is 0 Å². The number of halogens is 2. The summed E-state index contributed by atoms with van der Waals surface area (Å²) in [6, 6.07) is 15.6. The number of rotatable bonds is 9. The number of aryl methyl sites for hydroxylation is 2. The molecule has 10 heteroatoms. The highest BCUT2D eigenvalue weighted by Gasteiger charge is 2.33. The molecule has 0 unspecified atom stereocenters. The Labute approximate surface area is 221 Å². The Balaban J connectivity index is 2.06. The van der Waals surface area contributed by atoms with E-state index in [0.717, 1.165) is 9.87 Å². The molecule has 2 amide bonds. The average Bonchev–Trinajstić information content (AvgIpc) is 2.86. The topological polar surface area (TPSA) is 86.8 Å². The molecule has 0 aliphatic carbocycles. The Morgan fingerprint density at radius 1 is 1.00 bits per heavy atom. The van der Waals surface area contributed by atoms with Crippen molar-refractivity contribution >= 4 is 39.1 Å². The molecule has 1 atom stereocenters. The molecule has 0 fully saturated rings. The molecule has 37 heavy (non-hydrogen) atoms. The number of nitrogens with zero attached hydrogens (tertiary/aromatic N) is 2. The van der Waals surface area contributed by atoms with Crippen LogP contribution in [0, 0.1) is 19.7 Å². The minimum absolute atomic E-state index is 0.0182. The number of carbonyl (C=O) groups excluding carboxylic acids is 2. The monoisotopic (exact) mass is 545 g/mol. The standard InChI is InChI=1S/C27H29ClFN3O4S/c1-18-5-12-24(13-6-18)37(35,36)32(25-14-9-22(28)15-19(25)2)17-26(33)31(20(3)27(34)30-4)16-21-7-10-23(29)11-8-21/h5-15,20H,16-17H2,1-4H3,(H,30,34)/t20-/m1/s1. The van der Waals surface area contributed by atoms with E-state index in [1.165, 1.54) is 48.3 Å². The maximum absolute atomic E-state index is 13.8. The van der Waals surface area contributed by atoms with Crippen LogP contribution in [0.25, 0.3) is 0 Å². The summed E-state index contributed by atoms with van der Waals surface area (Å²) in [6.45, 7) is 4.50. The maximum Gasteiger partial charge on any atom is 0.264 e. The summed E-state index contributed by atoms with van der Waals surface area (Å²) in [7, 11) is -2.72. The molecule has 3 rings (SSSR count). The first-order valence-electron chi connectivity index (χ1n) is 11.5. The highest BCUT2D eigenvalue weighted by Crippen LogP contribution is 2.29. The van der Waals surface area contributed by atoms with E-state index < -0.39 is 40.2 Å². The van der Waals surface area contributed by atoms with Crippen molar-refractivity contribution < 1.29 is 22.4 Å². The molecule has 0 aliphatic heterocycles. The van der Waals surface area contributed by atoms with Crippen LogP contribution in [0.5, 0.6) is 0 Å². The number of hydrogen-bond acceptors (Lipinski definition) is 4. The number of anilines is 1. The van der Waals surface area contributed by atoms with Gasteiger partial charge in [0.1, 0.15) is 18.4 Å². The van der Waals surface area contributed by atoms with Crippen LogP contribution in [0.2, 0.25) is 5.02 Å². The number of benzene rings is 3. The SMILES string of the molecule is CNC(=O)[C@@H](C)N(Cc1ccc(F)cc1)C(=O)CN(c1ccc(Cl)cc1C)S(=O)(=O)c1ccc(C)cc1. The zero-order valence-electron chi connectivity index (χ0n) is 21.0. The molecule has 7 nitrogen and oxygen atoms in total. The summed E-state index contributed by atoms with van der Waals surface area (Å²) in [5, 5.41) is 2.94. The summed E-state index contributed by atoms with van der Waals surface area (Å²) in [6.07, 6.45) is 0. The van der Waals surface area contributed by atoms with Gasteiger partial charge >= 0.3 is 0 Å². The van der Waals surface area contributed by atoms with Gasteiger partial charge in [0.25, 0.3) is 10.0 Å². The number of nitrogens with one attached hydrogen (secondary N) is 1. The van der Waals surface area contributed by atoms with Crippen molar-refractivity contribution in [1.82, 2.24) is 10.2 Å². The van der Waals surface area contributed by atoms with Gasteiger partial charge in [-0.05, 0) is 74.4 Å². The summed E-state index contributed by atoms with van der Waals surface area (Å²) in [5.74, 6) is -1.47. The van der Waals surface area contributed by atoms with Crippen LogP contribution in [0.3, 0.4) is 0 Å². The highest BCUT2D eigenvalue weighted by atomic mass is 35.5. The Morgan fingerprint density at radius 2 is 1.62 bits per heavy atom. The third-order valence-electron chi connectivity index (χ3n) is 6.00. The van der Waals surface area contributed by atoms with E-state index in [0.29, 0.717) is 16.1 Å². The van der Waals surface area contributed by atoms with E-state index >= 15 is 0 Å². The molecular weight excluding hydrogens is 517 g/mol. The predicted octanol–water partition coefficient (Wildman–Crippen LogP) is 4.45. The van der Waals surface area contributed by atoms with Gasteiger partial charge < -0.3 is 10.2 Å². The largest absolute Gasteiger partial charge is 0.357 e. The van der Waals surface area contributed by atoms with Crippen molar-refractivity contribution in [3.05, 3.63) is 94.3 Å². The average molecular weight is 546 g/mol. The second kappa shape index (κ2) is 11.7. The van der Waals surface area contributed by atoms with Gasteiger partial charge in [-0.15, -0.1) is 0 Å². The smallest absolute Gasteiger partial charge is 0.264 e. The highest BCUT2D eigenvalue weighted by molar-refractivity contribution is 7.92. The van der Waals surface area contributed by atoms with Crippen molar-refractivity contribution in [3.63, 3.8) is 0 Å². The van der Waals surface area contributed by atoms with E-state index in [1.807, 2.05) is 6.92 Å². The molecule has 0 radical (unpaired) electrons. The molecule has 0 aliphatic rings. The minimum Gasteiger partial charge on any atom is -0.357 e. The zero-order valence-corrected chi connectivity index (χ0v) is 22.6. The zero-order chi connectivity index (χ0) is 27.3. The lowest BCUT2D eigenvalue weighted by Gasteiger charge is -2.32. The second-order valence-electron chi connectivity index (χ2n) is 8.69. The molecule has 3 aromatic rings. The van der Waals surface area contributed by atoms with Crippen LogP contribution in [-0.4, -0.2) is 44.8 Å². The van der Waals surface area contributed by atoms with Gasteiger partial charge in [0.05, 0.1) is 10.6 Å². The van der Waals surface area contributed by atoms with Gasteiger partial charge in [-0.25, -0.2) is 12.8 Å². The Kier molecular flexibility index (Phi) is 8.94. The second-order valence-corrected chi connectivity index (χ2v) is 11.0. The molecule has 0 aromatic heterocycles. The van der Waals surface area contributed by atoms with E-state index in [4.69, 9.17) is 11.6 Å². The van der Waals surface area contributed by atoms with Crippen molar-refractivity contribution in [3.8, 4) is 0 Å². The van der Waals surface area contributed by atoms with Gasteiger partial charge in [0, 0.05) is 18.6 Å². The molecule has 3 aromatic carbocycles. The fourth-order valence-corrected chi connectivity index (χ4v) is 5.53. The maximum atomic E-state index is 13.8. The molecule has 0 heterocycles. The number of carbonyl (C=O) groups is 2. The van der Waals surface area contributed by atoms with Gasteiger partial charge in [0.2, 0.25) is 11.8 Å². The number of amides is 2. The Morgan fingerprint density at radius 3 is 2.19 bits per heavy atom. The number of hydrogen-bond donors (Lipinski definition) is 1. The van der Waals surface area contributed by atoms with Crippen molar-refractivity contribution in [2.45, 2.75) is 38.3 Å². The molecule has 0 saturated carbocycles. The molecule has 0 spiro atoms. The van der Waals surface area contributed by atoms with Crippen LogP contribution in [0.15, 0.2) is 71.6 Å². The molecule has 1 N–H and O–H groups in total. The summed E-state index contributed by atoms with van der Waals surface area (Å²) < 4.78 is 42.1. The summed E-state index contributed by atoms with van der Waals surface area (Å²) >= 11 is 6.11. The first-order chi connectivity index (χ1) is 17.4. The van der Waals surface area contributed by atoms with Crippen LogP contribution >= 0.6 is 11.6 Å². The van der Waals surface area contributed by atoms with E-state index in [2.05, 4.69) is 5.32 Å². The van der Waals surface area contributed by atoms with E-state index in [1.54, 1.807) is 44.2 Å². The van der Waals surface area contributed by atoms with E-state index in [9.17, 15) is 22.4 Å². The van der Waals surface area contributed by atoms with Gasteiger partial charge in [-0.3, -0.25) is 13.9 Å². The third kappa shape index (κ3) is 6.67. The van der Waals surface area contributed by atoms with Crippen molar-refractivity contribution in [2.75, 3.05) is 17.9 Å². The molecule has 196 valence electrons. The van der Waals surface area contributed by atoms with Crippen LogP contribution in [0.1, 0.15) is 23.6 Å². The molecule has 0 bridgehead atoms.